The molecule has 0 saturated heterocycles. The van der Waals surface area contributed by atoms with Gasteiger partial charge in [0.15, 0.2) is 11.4 Å². The van der Waals surface area contributed by atoms with Crippen LogP contribution < -0.4 is 4.74 Å². The molecular weight excluding hydrogens is 300 g/mol. The highest BCUT2D eigenvalue weighted by molar-refractivity contribution is 5.91. The Kier molecular flexibility index (Phi) is 4.31. The van der Waals surface area contributed by atoms with Crippen LogP contribution in [0.1, 0.15) is 21.0 Å². The number of aromatic nitrogens is 1. The maximum absolute atomic E-state index is 13.1. The summed E-state index contributed by atoms with van der Waals surface area (Å²) in [4.78, 5) is 26.0. The molecule has 1 N–H and O–H groups in total. The maximum Gasteiger partial charge on any atom is 0.356 e. The van der Waals surface area contributed by atoms with Gasteiger partial charge >= 0.3 is 11.9 Å². The Morgan fingerprint density at radius 1 is 1.00 bits per heavy atom. The lowest BCUT2D eigenvalue weighted by Gasteiger charge is -2.08. The number of carbonyl (C=O) groups excluding carboxylic acids is 1. The minimum Gasteiger partial charge on any atom is -0.477 e. The molecule has 8 heteroatoms. The number of carbonyl (C=O) groups is 2. The number of carboxylic acids is 1. The number of halogens is 2. The first kappa shape index (κ1) is 15.4. The number of methoxy groups -OCH3 is 1. The lowest BCUT2D eigenvalue weighted by molar-refractivity contribution is 0.0593. The average Bonchev–Trinajstić information content (AvgIpc) is 2.44. The van der Waals surface area contributed by atoms with E-state index in [1.807, 2.05) is 0 Å². The molecule has 0 unspecified atom stereocenters. The molecule has 0 bridgehead atoms. The van der Waals surface area contributed by atoms with Crippen LogP contribution in [0.25, 0.3) is 0 Å². The molecule has 0 aliphatic heterocycles. The Labute approximate surface area is 122 Å². The van der Waals surface area contributed by atoms with Crippen molar-refractivity contribution in [2.75, 3.05) is 7.11 Å². The van der Waals surface area contributed by atoms with Crippen molar-refractivity contribution in [2.45, 2.75) is 0 Å². The van der Waals surface area contributed by atoms with Crippen molar-refractivity contribution in [3.8, 4) is 11.5 Å². The van der Waals surface area contributed by atoms with Gasteiger partial charge in [-0.1, -0.05) is 0 Å². The van der Waals surface area contributed by atoms with Crippen LogP contribution in [-0.2, 0) is 4.74 Å². The molecule has 6 nitrogen and oxygen atoms in total. The van der Waals surface area contributed by atoms with Crippen molar-refractivity contribution in [3.63, 3.8) is 0 Å². The van der Waals surface area contributed by atoms with Gasteiger partial charge < -0.3 is 14.6 Å². The first-order valence-electron chi connectivity index (χ1n) is 5.86. The number of ether oxygens (including phenoxy) is 2. The SMILES string of the molecule is COC(=O)c1cc(Oc2cc(F)cc(F)c2)cc(C(=O)O)n1. The van der Waals surface area contributed by atoms with E-state index in [0.717, 1.165) is 31.4 Å². The Morgan fingerprint density at radius 2 is 1.55 bits per heavy atom. The minimum atomic E-state index is -1.40. The van der Waals surface area contributed by atoms with Crippen molar-refractivity contribution >= 4 is 11.9 Å². The summed E-state index contributed by atoms with van der Waals surface area (Å²) in [5.74, 6) is -4.33. The predicted molar refractivity (Wildman–Crippen MR) is 69.0 cm³/mol. The number of carboxylic acid groups (broad SMARTS) is 1. The van der Waals surface area contributed by atoms with Gasteiger partial charge in [0.2, 0.25) is 0 Å². The highest BCUT2D eigenvalue weighted by Gasteiger charge is 2.16. The molecule has 1 heterocycles. The fourth-order valence-electron chi connectivity index (χ4n) is 1.61. The zero-order valence-corrected chi connectivity index (χ0v) is 11.2. The number of nitrogens with zero attached hydrogens (tertiary/aromatic N) is 1. The van der Waals surface area contributed by atoms with E-state index in [2.05, 4.69) is 9.72 Å². The van der Waals surface area contributed by atoms with Crippen molar-refractivity contribution in [1.29, 1.82) is 0 Å². The van der Waals surface area contributed by atoms with Crippen LogP contribution in [0.5, 0.6) is 11.5 Å². The van der Waals surface area contributed by atoms with Crippen LogP contribution >= 0.6 is 0 Å². The minimum absolute atomic E-state index is 0.127. The number of aromatic carboxylic acids is 1. The molecule has 0 saturated carbocycles. The molecular formula is C14H9F2NO5. The number of esters is 1. The predicted octanol–water partition coefficient (Wildman–Crippen LogP) is 2.64. The van der Waals surface area contributed by atoms with Gasteiger partial charge in [-0.2, -0.15) is 0 Å². The molecule has 114 valence electrons. The first-order valence-corrected chi connectivity index (χ1v) is 5.86. The molecule has 2 aromatic rings. The second-order valence-electron chi connectivity index (χ2n) is 4.08. The summed E-state index contributed by atoms with van der Waals surface area (Å²) in [6.45, 7) is 0. The highest BCUT2D eigenvalue weighted by atomic mass is 19.1. The van der Waals surface area contributed by atoms with E-state index < -0.39 is 29.3 Å². The summed E-state index contributed by atoms with van der Waals surface area (Å²) in [6, 6.07) is 4.57. The second-order valence-corrected chi connectivity index (χ2v) is 4.08. The molecule has 1 aromatic heterocycles. The van der Waals surface area contributed by atoms with Gasteiger partial charge in [0.25, 0.3) is 0 Å². The van der Waals surface area contributed by atoms with Crippen LogP contribution in [-0.4, -0.2) is 29.1 Å². The Bertz CT molecular complexity index is 728. The second kappa shape index (κ2) is 6.17. The van der Waals surface area contributed by atoms with Crippen molar-refractivity contribution in [2.24, 2.45) is 0 Å². The monoisotopic (exact) mass is 309 g/mol. The molecule has 2 rings (SSSR count). The number of hydrogen-bond donors (Lipinski definition) is 1. The average molecular weight is 309 g/mol. The molecule has 22 heavy (non-hydrogen) atoms. The summed E-state index contributed by atoms with van der Waals surface area (Å²) in [7, 11) is 1.10. The number of rotatable bonds is 4. The standard InChI is InChI=1S/C14H9F2NO5/c1-21-14(20)12-6-10(5-11(17-12)13(18)19)22-9-3-7(15)2-8(16)4-9/h2-6H,1H3,(H,18,19). The fourth-order valence-corrected chi connectivity index (χ4v) is 1.61. The van der Waals surface area contributed by atoms with Crippen molar-refractivity contribution in [1.82, 2.24) is 4.98 Å². The molecule has 0 spiro atoms. The van der Waals surface area contributed by atoms with Gasteiger partial charge in [-0.25, -0.2) is 23.4 Å². The lowest BCUT2D eigenvalue weighted by atomic mass is 10.2. The molecule has 0 fully saturated rings. The molecule has 0 atom stereocenters. The smallest absolute Gasteiger partial charge is 0.356 e. The van der Waals surface area contributed by atoms with E-state index in [-0.39, 0.29) is 17.2 Å². The highest BCUT2D eigenvalue weighted by Crippen LogP contribution is 2.24. The summed E-state index contributed by atoms with van der Waals surface area (Å²) >= 11 is 0. The van der Waals surface area contributed by atoms with E-state index in [9.17, 15) is 18.4 Å². The first-order chi connectivity index (χ1) is 10.4. The molecule has 0 aliphatic rings. The van der Waals surface area contributed by atoms with E-state index in [4.69, 9.17) is 9.84 Å². The summed E-state index contributed by atoms with van der Waals surface area (Å²) in [6.07, 6.45) is 0. The van der Waals surface area contributed by atoms with Crippen molar-refractivity contribution < 1.29 is 33.0 Å². The topological polar surface area (TPSA) is 85.7 Å². The van der Waals surface area contributed by atoms with Crippen LogP contribution in [0.2, 0.25) is 0 Å². The largest absolute Gasteiger partial charge is 0.477 e. The van der Waals surface area contributed by atoms with E-state index >= 15 is 0 Å². The van der Waals surface area contributed by atoms with E-state index in [0.29, 0.717) is 6.07 Å². The van der Waals surface area contributed by atoms with Gasteiger partial charge in [-0.05, 0) is 0 Å². The van der Waals surface area contributed by atoms with Gasteiger partial charge in [-0.15, -0.1) is 0 Å². The summed E-state index contributed by atoms with van der Waals surface area (Å²) in [5, 5.41) is 8.95. The molecule has 0 radical (unpaired) electrons. The van der Waals surface area contributed by atoms with Crippen LogP contribution in [0.4, 0.5) is 8.78 Å². The quantitative estimate of drug-likeness (QED) is 0.874. The summed E-state index contributed by atoms with van der Waals surface area (Å²) < 4.78 is 35.8. The Morgan fingerprint density at radius 3 is 2.09 bits per heavy atom. The molecule has 0 amide bonds. The number of benzene rings is 1. The third kappa shape index (κ3) is 3.54. The van der Waals surface area contributed by atoms with Gasteiger partial charge in [0, 0.05) is 30.3 Å². The van der Waals surface area contributed by atoms with Crippen LogP contribution in [0.15, 0.2) is 30.3 Å². The van der Waals surface area contributed by atoms with Gasteiger partial charge in [0.05, 0.1) is 7.11 Å². The van der Waals surface area contributed by atoms with Crippen LogP contribution in [0.3, 0.4) is 0 Å². The molecule has 0 aliphatic carbocycles. The third-order valence-corrected chi connectivity index (χ3v) is 2.48. The zero-order chi connectivity index (χ0) is 16.3. The Hall–Kier alpha value is -3.03. The van der Waals surface area contributed by atoms with E-state index in [1.165, 1.54) is 0 Å². The third-order valence-electron chi connectivity index (χ3n) is 2.48. The van der Waals surface area contributed by atoms with E-state index in [1.54, 1.807) is 0 Å². The normalized spacial score (nSPS) is 10.1. The zero-order valence-electron chi connectivity index (χ0n) is 11.2. The van der Waals surface area contributed by atoms with Gasteiger partial charge in [0.1, 0.15) is 23.1 Å². The summed E-state index contributed by atoms with van der Waals surface area (Å²) in [5.41, 5.74) is -0.788. The Balaban J connectivity index is 2.43. The maximum atomic E-state index is 13.1. The molecule has 1 aromatic carbocycles. The lowest BCUT2D eigenvalue weighted by Crippen LogP contribution is -2.09. The number of pyridine rings is 1. The number of hydrogen-bond acceptors (Lipinski definition) is 5. The van der Waals surface area contributed by atoms with Crippen LogP contribution in [0, 0.1) is 11.6 Å². The fraction of sp³-hybridized carbons (Fsp3) is 0.0714. The van der Waals surface area contributed by atoms with Crippen molar-refractivity contribution in [3.05, 3.63) is 53.4 Å². The van der Waals surface area contributed by atoms with Gasteiger partial charge in [-0.3, -0.25) is 0 Å².